The Kier molecular flexibility index (Phi) is 4.66. The topological polar surface area (TPSA) is 134 Å². The molecule has 3 aromatic heterocycles. The lowest BCUT2D eigenvalue weighted by Gasteiger charge is -2.24. The second kappa shape index (κ2) is 8.24. The van der Waals surface area contributed by atoms with Crippen molar-refractivity contribution in [3.63, 3.8) is 0 Å². The number of rotatable bonds is 6. The first kappa shape index (κ1) is 18.7. The molecule has 1 aliphatic rings. The summed E-state index contributed by atoms with van der Waals surface area (Å²) in [6, 6.07) is 3.66. The maximum absolute atomic E-state index is 12.9. The highest BCUT2D eigenvalue weighted by molar-refractivity contribution is 6.02. The number of fused-ring (bicyclic) bond motifs is 1. The molecular formula is C23H28N8O2. The number of hydrogen-bond acceptors (Lipinski definition) is 6. The van der Waals surface area contributed by atoms with E-state index in [1.165, 1.54) is 18.6 Å². The highest BCUT2D eigenvalue weighted by atomic mass is 16.2. The summed E-state index contributed by atoms with van der Waals surface area (Å²) in [5, 5.41) is 21.1. The molecule has 2 atom stereocenters. The van der Waals surface area contributed by atoms with Crippen LogP contribution in [0.4, 0.5) is 5.69 Å². The average molecular weight is 452 g/mol. The lowest BCUT2D eigenvalue weighted by Crippen LogP contribution is -2.40. The molecule has 0 unspecified atom stereocenters. The summed E-state index contributed by atoms with van der Waals surface area (Å²) in [6.45, 7) is 3.69. The minimum absolute atomic E-state index is 0.0873. The molecule has 0 aliphatic carbocycles. The van der Waals surface area contributed by atoms with Crippen LogP contribution in [0, 0.1) is 22.7 Å². The molecule has 3 aromatic rings. The molecule has 1 saturated heterocycles. The van der Waals surface area contributed by atoms with E-state index in [4.69, 9.17) is 9.85 Å². The summed E-state index contributed by atoms with van der Waals surface area (Å²) in [5.74, 6) is -0.807. The van der Waals surface area contributed by atoms with E-state index in [0.29, 0.717) is 35.4 Å². The third-order valence-electron chi connectivity index (χ3n) is 6.22. The summed E-state index contributed by atoms with van der Waals surface area (Å²) in [4.78, 5) is 26.9. The molecule has 33 heavy (non-hydrogen) atoms. The van der Waals surface area contributed by atoms with Gasteiger partial charge in [0, 0.05) is 53.7 Å². The Morgan fingerprint density at radius 2 is 2.09 bits per heavy atom. The van der Waals surface area contributed by atoms with Gasteiger partial charge in [-0.25, -0.2) is 4.52 Å². The van der Waals surface area contributed by atoms with E-state index in [2.05, 4.69) is 21.6 Å². The van der Waals surface area contributed by atoms with Crippen LogP contribution in [0.15, 0.2) is 30.9 Å². The van der Waals surface area contributed by atoms with Crippen LogP contribution in [0.2, 0.25) is 0 Å². The van der Waals surface area contributed by atoms with Gasteiger partial charge >= 0.3 is 0 Å². The van der Waals surface area contributed by atoms with Gasteiger partial charge in [-0.1, -0.05) is 6.92 Å². The number of amides is 2. The Balaban J connectivity index is 1.71. The molecule has 172 valence electrons. The molecule has 0 saturated carbocycles. The lowest BCUT2D eigenvalue weighted by molar-refractivity contribution is -0.136. The van der Waals surface area contributed by atoms with Gasteiger partial charge < -0.3 is 16.0 Å². The van der Waals surface area contributed by atoms with Crippen molar-refractivity contribution in [2.24, 2.45) is 24.0 Å². The number of likely N-dealkylation sites (tertiary alicyclic amines) is 1. The van der Waals surface area contributed by atoms with Crippen LogP contribution in [-0.2, 0) is 11.8 Å². The Bertz CT molecular complexity index is 1370. The largest absolute Gasteiger partial charge is 0.378 e. The second-order valence-electron chi connectivity index (χ2n) is 8.90. The molecule has 2 amide bonds. The summed E-state index contributed by atoms with van der Waals surface area (Å²) in [7, 11) is 0. The van der Waals surface area contributed by atoms with Gasteiger partial charge in [0.15, 0.2) is 0 Å². The zero-order valence-corrected chi connectivity index (χ0v) is 18.7. The summed E-state index contributed by atoms with van der Waals surface area (Å²) >= 11 is 0. The number of hydrogen-bond donors (Lipinski definition) is 2. The van der Waals surface area contributed by atoms with Crippen LogP contribution in [0.25, 0.3) is 16.6 Å². The smallest absolute Gasteiger partial charge is 0.252 e. The molecule has 1 fully saturated rings. The monoisotopic (exact) mass is 451 g/mol. The van der Waals surface area contributed by atoms with Gasteiger partial charge in [-0.2, -0.15) is 15.5 Å². The molecule has 0 spiro atoms. The number of nitriles is 1. The minimum atomic E-state index is -2.40. The van der Waals surface area contributed by atoms with E-state index >= 15 is 0 Å². The predicted octanol–water partition coefficient (Wildman–Crippen LogP) is 2.03. The van der Waals surface area contributed by atoms with Gasteiger partial charge in [0.2, 0.25) is 5.91 Å². The molecule has 0 radical (unpaired) electrons. The van der Waals surface area contributed by atoms with Crippen molar-refractivity contribution >= 4 is 23.0 Å². The minimum Gasteiger partial charge on any atom is -0.378 e. The van der Waals surface area contributed by atoms with Crippen molar-refractivity contribution in [1.29, 1.82) is 5.26 Å². The van der Waals surface area contributed by atoms with Crippen molar-refractivity contribution in [1.82, 2.24) is 24.3 Å². The Morgan fingerprint density at radius 1 is 1.30 bits per heavy atom. The van der Waals surface area contributed by atoms with Gasteiger partial charge in [-0.05, 0) is 32.3 Å². The van der Waals surface area contributed by atoms with E-state index in [-0.39, 0.29) is 23.4 Å². The predicted molar refractivity (Wildman–Crippen MR) is 123 cm³/mol. The summed E-state index contributed by atoms with van der Waals surface area (Å²) in [5.41, 5.74) is 7.01. The van der Waals surface area contributed by atoms with E-state index < -0.39 is 18.3 Å². The SMILES string of the molecule is [2H]C([2H])([2H])n1cc(-c2cc3c(N[C@@H]4CN(C(=O)C(C)(C)C#N)C[C@@H]4CC)c(C(N)=O)cnn3c2)cn1. The number of nitrogens with zero attached hydrogens (tertiary/aromatic N) is 6. The van der Waals surface area contributed by atoms with Crippen LogP contribution in [-0.4, -0.2) is 55.2 Å². The Morgan fingerprint density at radius 3 is 2.73 bits per heavy atom. The summed E-state index contributed by atoms with van der Waals surface area (Å²) in [6.07, 6.45) is 6.75. The fourth-order valence-electron chi connectivity index (χ4n) is 4.27. The van der Waals surface area contributed by atoms with Crippen LogP contribution in [0.5, 0.6) is 0 Å². The first-order valence-electron chi connectivity index (χ1n) is 12.2. The number of nitrogens with two attached hydrogens (primary N) is 1. The zero-order valence-electron chi connectivity index (χ0n) is 21.7. The highest BCUT2D eigenvalue weighted by Crippen LogP contribution is 2.32. The van der Waals surface area contributed by atoms with Crippen LogP contribution >= 0.6 is 0 Å². The number of anilines is 1. The quantitative estimate of drug-likeness (QED) is 0.589. The van der Waals surface area contributed by atoms with Gasteiger partial charge in [-0.3, -0.25) is 14.3 Å². The molecule has 0 bridgehead atoms. The van der Waals surface area contributed by atoms with Crippen molar-refractivity contribution in [3.05, 3.63) is 36.4 Å². The zero-order chi connectivity index (χ0) is 26.4. The number of carbonyl (C=O) groups is 2. The van der Waals surface area contributed by atoms with Crippen molar-refractivity contribution in [2.45, 2.75) is 33.2 Å². The number of aryl methyl sites for hydroxylation is 1. The Labute approximate surface area is 196 Å². The maximum atomic E-state index is 12.9. The second-order valence-corrected chi connectivity index (χ2v) is 8.90. The van der Waals surface area contributed by atoms with Gasteiger partial charge in [0.25, 0.3) is 5.91 Å². The average Bonchev–Trinajstić information content (AvgIpc) is 3.55. The van der Waals surface area contributed by atoms with E-state index in [1.807, 2.05) is 6.92 Å². The molecular weight excluding hydrogens is 420 g/mol. The fourth-order valence-corrected chi connectivity index (χ4v) is 4.27. The first-order valence-corrected chi connectivity index (χ1v) is 10.7. The van der Waals surface area contributed by atoms with E-state index in [0.717, 1.165) is 11.1 Å². The van der Waals surface area contributed by atoms with Crippen molar-refractivity contribution in [3.8, 4) is 17.2 Å². The number of nitrogens with one attached hydrogen (secondary N) is 1. The molecule has 1 aliphatic heterocycles. The number of primary amides is 1. The van der Waals surface area contributed by atoms with Gasteiger partial charge in [0.05, 0.1) is 35.2 Å². The van der Waals surface area contributed by atoms with Crippen LogP contribution < -0.4 is 11.1 Å². The summed E-state index contributed by atoms with van der Waals surface area (Å²) < 4.78 is 25.1. The lowest BCUT2D eigenvalue weighted by atomic mass is 9.94. The molecule has 3 N–H and O–H groups in total. The van der Waals surface area contributed by atoms with Crippen LogP contribution in [0.3, 0.4) is 0 Å². The number of aromatic nitrogens is 4. The maximum Gasteiger partial charge on any atom is 0.252 e. The third kappa shape index (κ3) is 4.02. The standard InChI is InChI=1S/C23H28N8O2/c1-5-14-10-30(22(33)23(2,3)13-24)12-18(14)28-20-17(21(25)32)8-27-31-11-15(6-19(20)31)16-7-26-29(4)9-16/h6-9,11,14,18,28H,5,10,12H2,1-4H3,(H2,25,32)/t14-,18+/m0/s1/i4D3. The fraction of sp³-hybridized carbons (Fsp3) is 0.435. The molecule has 4 rings (SSSR count). The van der Waals surface area contributed by atoms with Gasteiger partial charge in [-0.15, -0.1) is 0 Å². The molecule has 10 heteroatoms. The van der Waals surface area contributed by atoms with E-state index in [1.54, 1.807) is 35.5 Å². The molecule has 0 aromatic carbocycles. The highest BCUT2D eigenvalue weighted by Gasteiger charge is 2.40. The molecule has 4 heterocycles. The van der Waals surface area contributed by atoms with Crippen LogP contribution in [0.1, 0.15) is 41.7 Å². The first-order chi connectivity index (χ1) is 16.9. The number of carbonyl (C=O) groups excluding carboxylic acids is 2. The third-order valence-corrected chi connectivity index (χ3v) is 6.22. The Hall–Kier alpha value is -3.87. The van der Waals surface area contributed by atoms with Crippen molar-refractivity contribution in [2.75, 3.05) is 18.4 Å². The molecule has 10 nitrogen and oxygen atoms in total. The van der Waals surface area contributed by atoms with E-state index in [9.17, 15) is 14.9 Å². The van der Waals surface area contributed by atoms with Crippen molar-refractivity contribution < 1.29 is 13.7 Å². The van der Waals surface area contributed by atoms with Gasteiger partial charge in [0.1, 0.15) is 5.41 Å². The normalized spacial score (nSPS) is 20.2.